The molecule has 6 heteroatoms. The van der Waals surface area contributed by atoms with Crippen LogP contribution in [0.2, 0.25) is 0 Å². The first-order chi connectivity index (χ1) is 12.4. The summed E-state index contributed by atoms with van der Waals surface area (Å²) in [6, 6.07) is 5.55. The van der Waals surface area contributed by atoms with Gasteiger partial charge in [0, 0.05) is 25.0 Å². The number of carbonyl (C=O) groups excluding carboxylic acids is 2. The number of nitrogens with zero attached hydrogens (tertiary/aromatic N) is 1. The maximum absolute atomic E-state index is 13.9. The minimum Gasteiger partial charge on any atom is -0.453 e. The van der Waals surface area contributed by atoms with Crippen molar-refractivity contribution < 1.29 is 18.7 Å². The number of hydrogen-bond acceptors (Lipinski definition) is 3. The molecule has 0 radical (unpaired) electrons. The van der Waals surface area contributed by atoms with Crippen molar-refractivity contribution in [1.29, 1.82) is 0 Å². The lowest BCUT2D eigenvalue weighted by Crippen LogP contribution is -2.46. The van der Waals surface area contributed by atoms with Gasteiger partial charge in [-0.05, 0) is 49.3 Å². The average molecular weight is 362 g/mol. The molecular weight excluding hydrogens is 335 g/mol. The molecule has 3 rings (SSSR count). The number of fused-ring (bicyclic) bond motifs is 1. The number of ether oxygens (including phenoxy) is 1. The molecule has 1 aliphatic heterocycles. The van der Waals surface area contributed by atoms with Crippen molar-refractivity contribution in [3.8, 4) is 0 Å². The Morgan fingerprint density at radius 2 is 2.23 bits per heavy atom. The van der Waals surface area contributed by atoms with Gasteiger partial charge in [0.05, 0.1) is 13.0 Å². The van der Waals surface area contributed by atoms with Crippen molar-refractivity contribution >= 4 is 12.0 Å². The molecule has 0 aromatic heterocycles. The molecule has 5 nitrogen and oxygen atoms in total. The third kappa shape index (κ3) is 3.41. The largest absolute Gasteiger partial charge is 0.453 e. The van der Waals surface area contributed by atoms with Crippen molar-refractivity contribution in [2.75, 3.05) is 26.7 Å². The molecule has 1 saturated carbocycles. The summed E-state index contributed by atoms with van der Waals surface area (Å²) in [6.07, 6.45) is 2.03. The van der Waals surface area contributed by atoms with Crippen LogP contribution in [0.1, 0.15) is 37.3 Å². The normalized spacial score (nSPS) is 25.2. The van der Waals surface area contributed by atoms with Crippen LogP contribution in [-0.4, -0.2) is 43.6 Å². The van der Waals surface area contributed by atoms with E-state index in [1.807, 2.05) is 24.0 Å². The van der Waals surface area contributed by atoms with Crippen molar-refractivity contribution in [2.24, 2.45) is 11.8 Å². The Morgan fingerprint density at radius 3 is 2.85 bits per heavy atom. The lowest BCUT2D eigenvalue weighted by Gasteiger charge is -2.34. The number of carbonyl (C=O) groups is 2. The monoisotopic (exact) mass is 362 g/mol. The molecule has 2 fully saturated rings. The van der Waals surface area contributed by atoms with Gasteiger partial charge < -0.3 is 15.0 Å². The fourth-order valence-corrected chi connectivity index (χ4v) is 4.16. The van der Waals surface area contributed by atoms with E-state index in [9.17, 15) is 14.0 Å². The maximum Gasteiger partial charge on any atom is 0.406 e. The Labute approximate surface area is 153 Å². The van der Waals surface area contributed by atoms with Crippen molar-refractivity contribution in [3.05, 3.63) is 35.1 Å². The van der Waals surface area contributed by atoms with Gasteiger partial charge in [0.1, 0.15) is 5.82 Å². The summed E-state index contributed by atoms with van der Waals surface area (Å²) in [5, 5.41) is 2.62. The number of aryl methyl sites for hydroxylation is 1. The van der Waals surface area contributed by atoms with Crippen LogP contribution in [-0.2, 0) is 14.9 Å². The summed E-state index contributed by atoms with van der Waals surface area (Å²) in [5.41, 5.74) is 1.77. The second-order valence-electron chi connectivity index (χ2n) is 7.53. The number of likely N-dealkylation sites (tertiary alicyclic amines) is 1. The summed E-state index contributed by atoms with van der Waals surface area (Å²) in [6.45, 7) is 5.40. The highest BCUT2D eigenvalue weighted by atomic mass is 19.1. The van der Waals surface area contributed by atoms with Gasteiger partial charge >= 0.3 is 6.09 Å². The van der Waals surface area contributed by atoms with Crippen LogP contribution in [0.3, 0.4) is 0 Å². The lowest BCUT2D eigenvalue weighted by molar-refractivity contribution is -0.136. The second-order valence-corrected chi connectivity index (χ2v) is 7.53. The molecule has 3 atom stereocenters. The first kappa shape index (κ1) is 18.7. The molecule has 1 N–H and O–H groups in total. The first-order valence-electron chi connectivity index (χ1n) is 9.28. The average Bonchev–Trinajstić information content (AvgIpc) is 3.38. The van der Waals surface area contributed by atoms with Gasteiger partial charge in [0.25, 0.3) is 0 Å². The highest BCUT2D eigenvalue weighted by Crippen LogP contribution is 2.59. The van der Waals surface area contributed by atoms with Crippen molar-refractivity contribution in [3.63, 3.8) is 0 Å². The zero-order valence-electron chi connectivity index (χ0n) is 15.7. The van der Waals surface area contributed by atoms with Crippen LogP contribution in [0.4, 0.5) is 9.18 Å². The Hall–Kier alpha value is -2.11. The number of rotatable bonds is 5. The molecule has 1 saturated heterocycles. The van der Waals surface area contributed by atoms with E-state index < -0.39 is 6.09 Å². The van der Waals surface area contributed by atoms with Gasteiger partial charge in [0.2, 0.25) is 5.91 Å². The second kappa shape index (κ2) is 7.25. The van der Waals surface area contributed by atoms with E-state index >= 15 is 0 Å². The third-order valence-electron chi connectivity index (χ3n) is 6.08. The molecule has 1 aromatic rings. The van der Waals surface area contributed by atoms with E-state index in [1.165, 1.54) is 7.11 Å². The molecular formula is C20H27FN2O3. The van der Waals surface area contributed by atoms with Crippen LogP contribution in [0.15, 0.2) is 18.2 Å². The summed E-state index contributed by atoms with van der Waals surface area (Å²) < 4.78 is 18.5. The summed E-state index contributed by atoms with van der Waals surface area (Å²) >= 11 is 0. The third-order valence-corrected chi connectivity index (χ3v) is 6.08. The molecule has 2 amide bonds. The van der Waals surface area contributed by atoms with Gasteiger partial charge in [0.15, 0.2) is 0 Å². The number of benzene rings is 1. The number of halogens is 1. The van der Waals surface area contributed by atoms with Gasteiger partial charge in [-0.2, -0.15) is 0 Å². The van der Waals surface area contributed by atoms with Gasteiger partial charge in [-0.15, -0.1) is 0 Å². The van der Waals surface area contributed by atoms with Crippen LogP contribution < -0.4 is 5.32 Å². The molecule has 3 unspecified atom stereocenters. The minimum absolute atomic E-state index is 0.0390. The molecule has 142 valence electrons. The fourth-order valence-electron chi connectivity index (χ4n) is 4.16. The Kier molecular flexibility index (Phi) is 5.21. The molecule has 1 heterocycles. The predicted octanol–water partition coefficient (Wildman–Crippen LogP) is 3.01. The van der Waals surface area contributed by atoms with E-state index in [2.05, 4.69) is 10.1 Å². The minimum atomic E-state index is -0.516. The van der Waals surface area contributed by atoms with E-state index in [1.54, 1.807) is 13.0 Å². The van der Waals surface area contributed by atoms with E-state index in [0.29, 0.717) is 31.0 Å². The zero-order chi connectivity index (χ0) is 18.9. The van der Waals surface area contributed by atoms with E-state index in [0.717, 1.165) is 18.4 Å². The van der Waals surface area contributed by atoms with Crippen LogP contribution in [0.5, 0.6) is 0 Å². The zero-order valence-corrected chi connectivity index (χ0v) is 15.7. The lowest BCUT2D eigenvalue weighted by atomic mass is 9.86. The Morgan fingerprint density at radius 1 is 1.46 bits per heavy atom. The topological polar surface area (TPSA) is 58.6 Å². The number of amides is 2. The quantitative estimate of drug-likeness (QED) is 0.876. The molecule has 2 aliphatic rings. The smallest absolute Gasteiger partial charge is 0.406 e. The molecule has 1 aromatic carbocycles. The molecule has 26 heavy (non-hydrogen) atoms. The predicted molar refractivity (Wildman–Crippen MR) is 96.3 cm³/mol. The first-order valence-corrected chi connectivity index (χ1v) is 9.28. The van der Waals surface area contributed by atoms with Gasteiger partial charge in [-0.3, -0.25) is 4.79 Å². The summed E-state index contributed by atoms with van der Waals surface area (Å²) in [7, 11) is 1.31. The number of nitrogens with one attached hydrogen (secondary N) is 1. The SMILES string of the molecule is CCC(CNC(=O)OC)C(=O)N1CCC2(c3ccc(C)c(F)c3)CC2C1. The molecule has 0 spiro atoms. The number of piperidine rings is 1. The number of methoxy groups -OCH3 is 1. The Bertz CT molecular complexity index is 708. The summed E-state index contributed by atoms with van der Waals surface area (Å²) in [4.78, 5) is 26.0. The van der Waals surface area contributed by atoms with Crippen molar-refractivity contribution in [2.45, 2.75) is 38.5 Å². The van der Waals surface area contributed by atoms with Gasteiger partial charge in [-0.1, -0.05) is 19.1 Å². The highest BCUT2D eigenvalue weighted by Gasteiger charge is 2.58. The summed E-state index contributed by atoms with van der Waals surface area (Å²) in [5.74, 6) is 0.0889. The van der Waals surface area contributed by atoms with Crippen LogP contribution in [0.25, 0.3) is 0 Å². The van der Waals surface area contributed by atoms with Crippen LogP contribution >= 0.6 is 0 Å². The van der Waals surface area contributed by atoms with E-state index in [4.69, 9.17) is 0 Å². The Balaban J connectivity index is 1.62. The van der Waals surface area contributed by atoms with Gasteiger partial charge in [-0.25, -0.2) is 9.18 Å². The highest BCUT2D eigenvalue weighted by molar-refractivity contribution is 5.80. The van der Waals surface area contributed by atoms with E-state index in [-0.39, 0.29) is 29.6 Å². The van der Waals surface area contributed by atoms with Crippen molar-refractivity contribution in [1.82, 2.24) is 10.2 Å². The fraction of sp³-hybridized carbons (Fsp3) is 0.600. The molecule has 1 aliphatic carbocycles. The number of alkyl carbamates (subject to hydrolysis) is 1. The maximum atomic E-state index is 13.9. The molecule has 0 bridgehead atoms. The standard InChI is InChI=1S/C20H27FN2O3/c1-4-14(11-22-19(25)26-3)18(24)23-8-7-20(10-16(20)12-23)15-6-5-13(2)17(21)9-15/h5-6,9,14,16H,4,7-8,10-12H2,1-3H3,(H,22,25). The van der Waals surface area contributed by atoms with Crippen LogP contribution in [0, 0.1) is 24.6 Å². The number of hydrogen-bond donors (Lipinski definition) is 1.